The topological polar surface area (TPSA) is 56.5 Å². The Morgan fingerprint density at radius 2 is 2.10 bits per heavy atom. The van der Waals surface area contributed by atoms with E-state index in [2.05, 4.69) is 50.5 Å². The van der Waals surface area contributed by atoms with Gasteiger partial charge in [0.1, 0.15) is 0 Å². The van der Waals surface area contributed by atoms with Crippen LogP contribution in [0.25, 0.3) is 0 Å². The Morgan fingerprint density at radius 3 is 2.71 bits per heavy atom. The van der Waals surface area contributed by atoms with E-state index in [1.165, 1.54) is 11.1 Å². The molecule has 2 rings (SSSR count). The molecule has 1 heterocycles. The van der Waals surface area contributed by atoms with Gasteiger partial charge in [0.25, 0.3) is 0 Å². The fraction of sp³-hybridized carbons (Fsp3) is 0.647. The van der Waals surface area contributed by atoms with Gasteiger partial charge in [-0.05, 0) is 29.4 Å². The summed E-state index contributed by atoms with van der Waals surface area (Å²) in [6, 6.07) is 8.56. The summed E-state index contributed by atoms with van der Waals surface area (Å²) >= 11 is 0. The molecule has 0 radical (unpaired) electrons. The Morgan fingerprint density at radius 1 is 1.38 bits per heavy atom. The molecule has 4 nitrogen and oxygen atoms in total. The van der Waals surface area contributed by atoms with Crippen LogP contribution in [-0.2, 0) is 15.9 Å². The highest BCUT2D eigenvalue weighted by Gasteiger charge is 2.34. The molecule has 4 heteroatoms. The zero-order valence-corrected chi connectivity index (χ0v) is 13.6. The molecule has 21 heavy (non-hydrogen) atoms. The van der Waals surface area contributed by atoms with Gasteiger partial charge in [0, 0.05) is 7.11 Å². The average Bonchev–Trinajstić information content (AvgIpc) is 2.45. The molecule has 0 saturated heterocycles. The monoisotopic (exact) mass is 292 g/mol. The number of fused-ring (bicyclic) bond motifs is 1. The fourth-order valence-electron chi connectivity index (χ4n) is 3.30. The number of hydrogen-bond acceptors (Lipinski definition) is 4. The van der Waals surface area contributed by atoms with E-state index < -0.39 is 0 Å². The largest absolute Gasteiger partial charge is 0.379 e. The molecule has 3 N–H and O–H groups in total. The van der Waals surface area contributed by atoms with E-state index in [1.54, 1.807) is 7.11 Å². The van der Waals surface area contributed by atoms with E-state index in [-0.39, 0.29) is 23.7 Å². The minimum Gasteiger partial charge on any atom is -0.379 e. The fourth-order valence-corrected chi connectivity index (χ4v) is 3.30. The van der Waals surface area contributed by atoms with Gasteiger partial charge in [-0.1, -0.05) is 45.0 Å². The lowest BCUT2D eigenvalue weighted by atomic mass is 9.81. The van der Waals surface area contributed by atoms with Crippen LogP contribution < -0.4 is 11.3 Å². The molecule has 0 fully saturated rings. The number of nitrogens with two attached hydrogens (primary N) is 1. The molecule has 118 valence electrons. The number of methoxy groups -OCH3 is 1. The molecule has 3 unspecified atom stereocenters. The third kappa shape index (κ3) is 3.83. The van der Waals surface area contributed by atoms with Crippen molar-refractivity contribution >= 4 is 0 Å². The molecule has 0 aliphatic carbocycles. The van der Waals surface area contributed by atoms with Crippen LogP contribution in [0.3, 0.4) is 0 Å². The minimum atomic E-state index is 0.0139. The van der Waals surface area contributed by atoms with E-state index in [0.717, 1.165) is 19.4 Å². The first-order chi connectivity index (χ1) is 9.97. The molecule has 1 aliphatic heterocycles. The van der Waals surface area contributed by atoms with Gasteiger partial charge < -0.3 is 9.47 Å². The van der Waals surface area contributed by atoms with Gasteiger partial charge in [0.2, 0.25) is 0 Å². The Labute approximate surface area is 128 Å². The Bertz CT molecular complexity index is 456. The SMILES string of the molecule is COC(C(CC1OCCc2ccccc21)NN)C(C)(C)C. The second-order valence-electron chi connectivity index (χ2n) is 6.84. The Balaban J connectivity index is 2.16. The maximum atomic E-state index is 5.99. The van der Waals surface area contributed by atoms with Crippen molar-refractivity contribution in [1.29, 1.82) is 0 Å². The number of nitrogens with one attached hydrogen (secondary N) is 1. The predicted octanol–water partition coefficient (Wildman–Crippen LogP) is 2.58. The maximum absolute atomic E-state index is 5.99. The van der Waals surface area contributed by atoms with Gasteiger partial charge in [-0.2, -0.15) is 0 Å². The second-order valence-corrected chi connectivity index (χ2v) is 6.84. The standard InChI is InChI=1S/C17H28N2O2/c1-17(2,3)16(20-4)14(19-18)11-15-13-8-6-5-7-12(13)9-10-21-15/h5-8,14-16,19H,9-11,18H2,1-4H3. The summed E-state index contributed by atoms with van der Waals surface area (Å²) in [6.45, 7) is 7.27. The molecule has 0 saturated carbocycles. The van der Waals surface area contributed by atoms with Crippen LogP contribution in [0.4, 0.5) is 0 Å². The van der Waals surface area contributed by atoms with Crippen LogP contribution in [0.1, 0.15) is 44.4 Å². The van der Waals surface area contributed by atoms with Crippen LogP contribution in [-0.4, -0.2) is 25.9 Å². The molecule has 0 aromatic heterocycles. The first kappa shape index (κ1) is 16.4. The van der Waals surface area contributed by atoms with Crippen molar-refractivity contribution < 1.29 is 9.47 Å². The van der Waals surface area contributed by atoms with E-state index in [4.69, 9.17) is 15.3 Å². The lowest BCUT2D eigenvalue weighted by Crippen LogP contribution is -2.51. The summed E-state index contributed by atoms with van der Waals surface area (Å²) in [5, 5.41) is 0. The smallest absolute Gasteiger partial charge is 0.0844 e. The molecule has 1 aromatic rings. The normalized spacial score (nSPS) is 21.7. The molecule has 1 aliphatic rings. The highest BCUT2D eigenvalue weighted by atomic mass is 16.5. The van der Waals surface area contributed by atoms with Crippen LogP contribution in [0.5, 0.6) is 0 Å². The maximum Gasteiger partial charge on any atom is 0.0844 e. The Kier molecular flexibility index (Phi) is 5.38. The lowest BCUT2D eigenvalue weighted by Gasteiger charge is -2.38. The van der Waals surface area contributed by atoms with Crippen LogP contribution in [0.15, 0.2) is 24.3 Å². The van der Waals surface area contributed by atoms with Crippen molar-refractivity contribution in [1.82, 2.24) is 5.43 Å². The highest BCUT2D eigenvalue weighted by Crippen LogP contribution is 2.34. The quantitative estimate of drug-likeness (QED) is 0.647. The van der Waals surface area contributed by atoms with Gasteiger partial charge in [-0.25, -0.2) is 0 Å². The number of rotatable bonds is 5. The van der Waals surface area contributed by atoms with E-state index in [1.807, 2.05) is 0 Å². The molecule has 3 atom stereocenters. The Hall–Kier alpha value is -0.940. The van der Waals surface area contributed by atoms with Gasteiger partial charge in [0.05, 0.1) is 24.9 Å². The molecule has 1 aromatic carbocycles. The number of hydrazine groups is 1. The van der Waals surface area contributed by atoms with Crippen molar-refractivity contribution in [2.24, 2.45) is 11.3 Å². The van der Waals surface area contributed by atoms with Crippen LogP contribution >= 0.6 is 0 Å². The van der Waals surface area contributed by atoms with E-state index >= 15 is 0 Å². The summed E-state index contributed by atoms with van der Waals surface area (Å²) in [7, 11) is 1.75. The van der Waals surface area contributed by atoms with E-state index in [9.17, 15) is 0 Å². The van der Waals surface area contributed by atoms with Crippen LogP contribution in [0.2, 0.25) is 0 Å². The van der Waals surface area contributed by atoms with Crippen molar-refractivity contribution in [3.05, 3.63) is 35.4 Å². The average molecular weight is 292 g/mol. The number of benzene rings is 1. The second kappa shape index (κ2) is 6.88. The van der Waals surface area contributed by atoms with Gasteiger partial charge in [0.15, 0.2) is 0 Å². The van der Waals surface area contributed by atoms with Crippen molar-refractivity contribution in [3.8, 4) is 0 Å². The van der Waals surface area contributed by atoms with Crippen molar-refractivity contribution in [3.63, 3.8) is 0 Å². The minimum absolute atomic E-state index is 0.0139. The van der Waals surface area contributed by atoms with Crippen LogP contribution in [0, 0.1) is 5.41 Å². The molecule has 0 spiro atoms. The summed E-state index contributed by atoms with van der Waals surface area (Å²) < 4.78 is 11.7. The first-order valence-corrected chi connectivity index (χ1v) is 7.65. The van der Waals surface area contributed by atoms with Crippen molar-refractivity contribution in [2.45, 2.75) is 51.9 Å². The lowest BCUT2D eigenvalue weighted by molar-refractivity contribution is -0.0378. The van der Waals surface area contributed by atoms with Gasteiger partial charge in [-0.3, -0.25) is 11.3 Å². The number of ether oxygens (including phenoxy) is 2. The molecular weight excluding hydrogens is 264 g/mol. The van der Waals surface area contributed by atoms with Gasteiger partial charge >= 0.3 is 0 Å². The van der Waals surface area contributed by atoms with Gasteiger partial charge in [-0.15, -0.1) is 0 Å². The third-order valence-electron chi connectivity index (χ3n) is 4.25. The zero-order chi connectivity index (χ0) is 15.5. The summed E-state index contributed by atoms with van der Waals surface area (Å²) in [6.07, 6.45) is 1.90. The molecule has 0 bridgehead atoms. The van der Waals surface area contributed by atoms with Crippen molar-refractivity contribution in [2.75, 3.05) is 13.7 Å². The first-order valence-electron chi connectivity index (χ1n) is 7.65. The third-order valence-corrected chi connectivity index (χ3v) is 4.25. The molecule has 0 amide bonds. The van der Waals surface area contributed by atoms with E-state index in [0.29, 0.717) is 0 Å². The number of hydrogen-bond donors (Lipinski definition) is 2. The molecular formula is C17H28N2O2. The summed E-state index contributed by atoms with van der Waals surface area (Å²) in [4.78, 5) is 0. The highest BCUT2D eigenvalue weighted by molar-refractivity contribution is 5.31. The zero-order valence-electron chi connectivity index (χ0n) is 13.6. The summed E-state index contributed by atoms with van der Waals surface area (Å²) in [5.41, 5.74) is 5.62. The predicted molar refractivity (Wildman–Crippen MR) is 84.8 cm³/mol. The summed E-state index contributed by atoms with van der Waals surface area (Å²) in [5.74, 6) is 5.80.